The number of aliphatic hydroxyl groups is 2. The summed E-state index contributed by atoms with van der Waals surface area (Å²) >= 11 is 0.293. The fraction of sp³-hybridized carbons (Fsp3) is 0.231. The second-order valence-electron chi connectivity index (χ2n) is 4.65. The molecule has 1 aromatic carbocycles. The Morgan fingerprint density at radius 3 is 2.29 bits per heavy atom. The number of halogens is 4. The number of nitrogens with zero attached hydrogens (tertiary/aromatic N) is 2. The maximum Gasteiger partial charge on any atom is 0.443 e. The van der Waals surface area contributed by atoms with Crippen LogP contribution in [0.15, 0.2) is 35.6 Å². The highest BCUT2D eigenvalue weighted by atomic mass is 32.2. The number of aromatic carboxylic acids is 1. The summed E-state index contributed by atoms with van der Waals surface area (Å²) < 4.78 is 51.3. The molecule has 0 saturated carbocycles. The average molecular weight is 366 g/mol. The molecule has 0 fully saturated rings. The zero-order valence-corrected chi connectivity index (χ0v) is 12.5. The number of hydrogen-bond donors (Lipinski definition) is 3. The highest BCUT2D eigenvalue weighted by Gasteiger charge is 2.53. The van der Waals surface area contributed by atoms with Gasteiger partial charge in [-0.1, -0.05) is 11.8 Å². The SMILES string of the molecule is O=C(O)c1cnc(SCC(O)(O)C(F)(F)F)n1-c1ccc(F)cc1. The molecule has 0 amide bonds. The molecular formula is C13H10F4N2O4S. The van der Waals surface area contributed by atoms with Crippen LogP contribution in [-0.4, -0.2) is 48.6 Å². The van der Waals surface area contributed by atoms with Crippen molar-refractivity contribution in [3.05, 3.63) is 42.0 Å². The van der Waals surface area contributed by atoms with Crippen molar-refractivity contribution in [2.24, 2.45) is 0 Å². The Kier molecular flexibility index (Phi) is 4.87. The summed E-state index contributed by atoms with van der Waals surface area (Å²) in [5, 5.41) is 27.0. The van der Waals surface area contributed by atoms with E-state index in [9.17, 15) is 22.4 Å². The molecule has 130 valence electrons. The van der Waals surface area contributed by atoms with Gasteiger partial charge in [0.25, 0.3) is 5.79 Å². The van der Waals surface area contributed by atoms with Crippen molar-refractivity contribution in [2.45, 2.75) is 17.1 Å². The number of thioether (sulfide) groups is 1. The standard InChI is InChI=1S/C13H10F4N2O4S/c14-7-1-3-8(4-2-7)19-9(10(20)21)5-18-11(19)24-6-12(22,23)13(15,16)17/h1-5,22-23H,6H2,(H,20,21). The first-order valence-electron chi connectivity index (χ1n) is 6.24. The Hall–Kier alpha value is -2.11. The molecule has 0 unspecified atom stereocenters. The largest absolute Gasteiger partial charge is 0.477 e. The predicted molar refractivity (Wildman–Crippen MR) is 74.4 cm³/mol. The van der Waals surface area contributed by atoms with Gasteiger partial charge in [0.2, 0.25) is 0 Å². The quantitative estimate of drug-likeness (QED) is 0.426. The van der Waals surface area contributed by atoms with Gasteiger partial charge >= 0.3 is 12.1 Å². The topological polar surface area (TPSA) is 95.6 Å². The summed E-state index contributed by atoms with van der Waals surface area (Å²) in [4.78, 5) is 14.9. The first-order valence-corrected chi connectivity index (χ1v) is 7.23. The zero-order chi connectivity index (χ0) is 18.1. The van der Waals surface area contributed by atoms with Crippen LogP contribution in [-0.2, 0) is 0 Å². The van der Waals surface area contributed by atoms with Crippen LogP contribution in [0.2, 0.25) is 0 Å². The Bertz CT molecular complexity index is 743. The van der Waals surface area contributed by atoms with Crippen LogP contribution in [0.4, 0.5) is 17.6 Å². The van der Waals surface area contributed by atoms with E-state index in [1.807, 2.05) is 0 Å². The smallest absolute Gasteiger partial charge is 0.443 e. The van der Waals surface area contributed by atoms with E-state index >= 15 is 0 Å². The number of carbonyl (C=O) groups is 1. The summed E-state index contributed by atoms with van der Waals surface area (Å²) in [5.41, 5.74) is -0.236. The molecule has 1 aromatic heterocycles. The Labute approximate surface area is 136 Å². The number of hydrogen-bond acceptors (Lipinski definition) is 5. The number of carboxylic acid groups (broad SMARTS) is 1. The third-order valence-electron chi connectivity index (χ3n) is 2.89. The van der Waals surface area contributed by atoms with E-state index in [0.717, 1.165) is 22.9 Å². The fourth-order valence-electron chi connectivity index (χ4n) is 1.67. The molecule has 0 spiro atoms. The van der Waals surface area contributed by atoms with E-state index in [1.54, 1.807) is 0 Å². The second-order valence-corrected chi connectivity index (χ2v) is 5.59. The van der Waals surface area contributed by atoms with Crippen molar-refractivity contribution in [2.75, 3.05) is 5.75 Å². The van der Waals surface area contributed by atoms with Crippen LogP contribution in [0.3, 0.4) is 0 Å². The third-order valence-corrected chi connectivity index (χ3v) is 3.98. The van der Waals surface area contributed by atoms with Crippen LogP contribution in [0.1, 0.15) is 10.5 Å². The lowest BCUT2D eigenvalue weighted by atomic mass is 10.3. The van der Waals surface area contributed by atoms with Crippen molar-refractivity contribution in [3.63, 3.8) is 0 Å². The zero-order valence-electron chi connectivity index (χ0n) is 11.7. The molecule has 0 atom stereocenters. The van der Waals surface area contributed by atoms with Gasteiger partial charge < -0.3 is 15.3 Å². The lowest BCUT2D eigenvalue weighted by Crippen LogP contribution is -2.47. The van der Waals surface area contributed by atoms with E-state index < -0.39 is 29.5 Å². The minimum absolute atomic E-state index is 0.141. The monoisotopic (exact) mass is 366 g/mol. The van der Waals surface area contributed by atoms with Crippen molar-refractivity contribution < 1.29 is 37.7 Å². The summed E-state index contributed by atoms with van der Waals surface area (Å²) in [6, 6.07) is 4.49. The molecule has 6 nitrogen and oxygen atoms in total. The molecule has 1 heterocycles. The first-order chi connectivity index (χ1) is 11.0. The lowest BCUT2D eigenvalue weighted by molar-refractivity contribution is -0.336. The van der Waals surface area contributed by atoms with Gasteiger partial charge in [-0.15, -0.1) is 0 Å². The van der Waals surface area contributed by atoms with Gasteiger partial charge in [-0.3, -0.25) is 4.57 Å². The number of benzene rings is 1. The second kappa shape index (κ2) is 6.42. The molecule has 2 aromatic rings. The number of carboxylic acids is 1. The van der Waals surface area contributed by atoms with Crippen LogP contribution in [0.5, 0.6) is 0 Å². The first kappa shape index (κ1) is 18.2. The van der Waals surface area contributed by atoms with Gasteiger partial charge in [0.05, 0.1) is 11.9 Å². The molecule has 0 aliphatic rings. The number of imidazole rings is 1. The lowest BCUT2D eigenvalue weighted by Gasteiger charge is -2.23. The number of rotatable bonds is 5. The van der Waals surface area contributed by atoms with E-state index in [-0.39, 0.29) is 16.5 Å². The highest BCUT2D eigenvalue weighted by molar-refractivity contribution is 7.99. The van der Waals surface area contributed by atoms with E-state index in [1.165, 1.54) is 12.1 Å². The van der Waals surface area contributed by atoms with Crippen molar-refractivity contribution in [1.29, 1.82) is 0 Å². The highest BCUT2D eigenvalue weighted by Crippen LogP contribution is 2.34. The molecule has 0 saturated heterocycles. The van der Waals surface area contributed by atoms with Gasteiger partial charge in [-0.25, -0.2) is 14.2 Å². The summed E-state index contributed by atoms with van der Waals surface area (Å²) in [5.74, 6) is -7.20. The Balaban J connectivity index is 2.38. The minimum Gasteiger partial charge on any atom is -0.477 e. The summed E-state index contributed by atoms with van der Waals surface area (Å²) in [6.07, 6.45) is -4.39. The molecule has 11 heteroatoms. The van der Waals surface area contributed by atoms with Crippen molar-refractivity contribution in [3.8, 4) is 5.69 Å². The Morgan fingerprint density at radius 2 is 1.79 bits per heavy atom. The molecule has 0 radical (unpaired) electrons. The summed E-state index contributed by atoms with van der Waals surface area (Å²) in [7, 11) is 0. The van der Waals surface area contributed by atoms with E-state index in [2.05, 4.69) is 4.98 Å². The predicted octanol–water partition coefficient (Wildman–Crippen LogP) is 2.04. The molecule has 0 aliphatic heterocycles. The van der Waals surface area contributed by atoms with Crippen LogP contribution >= 0.6 is 11.8 Å². The third kappa shape index (κ3) is 3.68. The normalized spacial score (nSPS) is 12.4. The van der Waals surface area contributed by atoms with E-state index in [4.69, 9.17) is 15.3 Å². The molecule has 24 heavy (non-hydrogen) atoms. The fourth-order valence-corrected chi connectivity index (χ4v) is 2.63. The maximum absolute atomic E-state index is 13.0. The number of alkyl halides is 3. The average Bonchev–Trinajstić information content (AvgIpc) is 2.89. The van der Waals surface area contributed by atoms with E-state index in [0.29, 0.717) is 11.8 Å². The Morgan fingerprint density at radius 1 is 1.21 bits per heavy atom. The maximum atomic E-state index is 13.0. The molecule has 3 N–H and O–H groups in total. The van der Waals surface area contributed by atoms with Gasteiger partial charge in [-0.2, -0.15) is 13.2 Å². The van der Waals surface area contributed by atoms with Gasteiger partial charge in [0.1, 0.15) is 5.82 Å². The van der Waals surface area contributed by atoms with Gasteiger partial charge in [-0.05, 0) is 24.3 Å². The molecule has 2 rings (SSSR count). The van der Waals surface area contributed by atoms with Crippen molar-refractivity contribution >= 4 is 17.7 Å². The van der Waals surface area contributed by atoms with Gasteiger partial charge in [0, 0.05) is 5.69 Å². The number of aromatic nitrogens is 2. The van der Waals surface area contributed by atoms with Gasteiger partial charge in [0.15, 0.2) is 10.9 Å². The molecule has 0 bridgehead atoms. The van der Waals surface area contributed by atoms with Crippen LogP contribution in [0, 0.1) is 5.82 Å². The minimum atomic E-state index is -5.29. The van der Waals surface area contributed by atoms with Crippen molar-refractivity contribution in [1.82, 2.24) is 9.55 Å². The molecular weight excluding hydrogens is 356 g/mol. The van der Waals surface area contributed by atoms with Crippen LogP contribution < -0.4 is 0 Å². The summed E-state index contributed by atoms with van der Waals surface area (Å²) in [6.45, 7) is 0. The van der Waals surface area contributed by atoms with Crippen LogP contribution in [0.25, 0.3) is 5.69 Å². The molecule has 0 aliphatic carbocycles.